The molecule has 1 amide bonds. The third-order valence-corrected chi connectivity index (χ3v) is 5.40. The topological polar surface area (TPSA) is 85.8 Å². The molecule has 1 heterocycles. The number of carbonyl (C=O) groups excluding carboxylic acids is 1. The third kappa shape index (κ3) is 5.90. The van der Waals surface area contributed by atoms with Crippen LogP contribution in [0.3, 0.4) is 0 Å². The number of pyridine rings is 1. The third-order valence-electron chi connectivity index (χ3n) is 4.71. The Labute approximate surface area is 184 Å². The molecule has 0 aliphatic heterocycles. The van der Waals surface area contributed by atoms with Gasteiger partial charge in [-0.25, -0.2) is 4.98 Å². The quantitative estimate of drug-likeness (QED) is 0.468. The second-order valence-corrected chi connectivity index (χ2v) is 7.58. The van der Waals surface area contributed by atoms with E-state index in [-0.39, 0.29) is 12.5 Å². The van der Waals surface area contributed by atoms with Gasteiger partial charge >= 0.3 is 0 Å². The lowest BCUT2D eigenvalue weighted by Crippen LogP contribution is -2.30. The molecule has 0 aliphatic rings. The number of benzene rings is 2. The highest BCUT2D eigenvalue weighted by atomic mass is 32.2. The van der Waals surface area contributed by atoms with Crippen LogP contribution in [0.2, 0.25) is 0 Å². The Morgan fingerprint density at radius 2 is 1.77 bits per heavy atom. The van der Waals surface area contributed by atoms with Gasteiger partial charge in [-0.2, -0.15) is 0 Å². The van der Waals surface area contributed by atoms with Gasteiger partial charge in [-0.1, -0.05) is 30.3 Å². The van der Waals surface area contributed by atoms with Crippen LogP contribution in [0.5, 0.6) is 11.6 Å². The zero-order valence-electron chi connectivity index (χ0n) is 17.4. The number of anilines is 1. The van der Waals surface area contributed by atoms with E-state index < -0.39 is 11.3 Å². The highest BCUT2D eigenvalue weighted by Gasteiger charge is 2.15. The fourth-order valence-corrected chi connectivity index (χ4v) is 3.62. The summed E-state index contributed by atoms with van der Waals surface area (Å²) >= 11 is -2.52. The molecule has 0 N–H and O–H groups in total. The molecule has 0 saturated carbocycles. The predicted molar refractivity (Wildman–Crippen MR) is 120 cm³/mol. The summed E-state index contributed by atoms with van der Waals surface area (Å²) in [5, 5.41) is 0. The second kappa shape index (κ2) is 10.7. The molecule has 0 bridgehead atoms. The fourth-order valence-electron chi connectivity index (χ4n) is 3.08. The van der Waals surface area contributed by atoms with E-state index in [0.717, 1.165) is 0 Å². The minimum absolute atomic E-state index is 0.0780. The lowest BCUT2D eigenvalue weighted by atomic mass is 10.1. The Morgan fingerprint density at radius 3 is 2.39 bits per heavy atom. The van der Waals surface area contributed by atoms with Crippen molar-refractivity contribution >= 4 is 22.9 Å². The maximum absolute atomic E-state index is 12.6. The van der Waals surface area contributed by atoms with Gasteiger partial charge in [0.15, 0.2) is 0 Å². The number of carbonyl (C=O) groups is 1. The van der Waals surface area contributed by atoms with E-state index in [9.17, 15) is 13.6 Å². The van der Waals surface area contributed by atoms with Crippen molar-refractivity contribution in [1.82, 2.24) is 9.88 Å². The summed E-state index contributed by atoms with van der Waals surface area (Å²) in [5.74, 6) is 0.922. The molecular weight excluding hydrogens is 414 g/mol. The van der Waals surface area contributed by atoms with Crippen molar-refractivity contribution in [3.05, 3.63) is 84.1 Å². The van der Waals surface area contributed by atoms with Crippen molar-refractivity contribution in [1.29, 1.82) is 0 Å². The minimum atomic E-state index is -2.52. The van der Waals surface area contributed by atoms with Gasteiger partial charge in [0, 0.05) is 36.0 Å². The van der Waals surface area contributed by atoms with E-state index in [2.05, 4.69) is 4.98 Å². The summed E-state index contributed by atoms with van der Waals surface area (Å²) < 4.78 is 30.6. The normalized spacial score (nSPS) is 11.6. The summed E-state index contributed by atoms with van der Waals surface area (Å²) in [6, 6.07) is 19.5. The van der Waals surface area contributed by atoms with Gasteiger partial charge in [0.05, 0.1) is 18.4 Å². The lowest BCUT2D eigenvalue weighted by molar-refractivity contribution is 0.0773. The Kier molecular flexibility index (Phi) is 7.75. The standard InChI is InChI=1S/C23H25N3O4S/c1-3-25(4-2)23(27)19-10-8-9-18(15-19)17-26(31(28)29)20-13-14-22(24-16-20)30-21-11-6-5-7-12-21/h5-16H,3-4,17H2,1-2H3,(H,28,29)/p-1. The Morgan fingerprint density at radius 1 is 1.03 bits per heavy atom. The number of hydrogen-bond acceptors (Lipinski definition) is 5. The number of amides is 1. The number of aromatic nitrogens is 1. The van der Waals surface area contributed by atoms with Crippen LogP contribution in [0.1, 0.15) is 29.8 Å². The molecule has 3 rings (SSSR count). The summed E-state index contributed by atoms with van der Waals surface area (Å²) in [6.07, 6.45) is 1.44. The van der Waals surface area contributed by atoms with Crippen LogP contribution in [-0.4, -0.2) is 37.6 Å². The molecule has 162 valence electrons. The number of hydrogen-bond donors (Lipinski definition) is 0. The maximum atomic E-state index is 12.6. The number of para-hydroxylation sites is 1. The molecule has 1 unspecified atom stereocenters. The molecular formula is C23H24N3O4S-. The van der Waals surface area contributed by atoms with Crippen LogP contribution in [0.4, 0.5) is 5.69 Å². The van der Waals surface area contributed by atoms with Gasteiger partial charge in [-0.05, 0) is 49.7 Å². The molecule has 1 aromatic heterocycles. The molecule has 2 aromatic carbocycles. The lowest BCUT2D eigenvalue weighted by Gasteiger charge is -2.26. The Hall–Kier alpha value is -3.23. The number of ether oxygens (including phenoxy) is 1. The average molecular weight is 439 g/mol. The maximum Gasteiger partial charge on any atom is 0.253 e. The Balaban J connectivity index is 1.76. The van der Waals surface area contributed by atoms with Crippen molar-refractivity contribution in [2.24, 2.45) is 0 Å². The largest absolute Gasteiger partial charge is 0.755 e. The number of rotatable bonds is 9. The summed E-state index contributed by atoms with van der Waals surface area (Å²) in [5.41, 5.74) is 1.63. The van der Waals surface area contributed by atoms with Crippen molar-refractivity contribution < 1.29 is 18.3 Å². The summed E-state index contributed by atoms with van der Waals surface area (Å²) in [4.78, 5) is 18.5. The fraction of sp³-hybridized carbons (Fsp3) is 0.217. The van der Waals surface area contributed by atoms with Crippen molar-refractivity contribution in [3.63, 3.8) is 0 Å². The van der Waals surface area contributed by atoms with E-state index in [1.807, 2.05) is 32.0 Å². The molecule has 0 saturated heterocycles. The van der Waals surface area contributed by atoms with Gasteiger partial charge in [0.1, 0.15) is 5.75 Å². The van der Waals surface area contributed by atoms with Crippen LogP contribution < -0.4 is 9.04 Å². The van der Waals surface area contributed by atoms with E-state index in [1.165, 1.54) is 10.5 Å². The molecule has 3 aromatic rings. The van der Waals surface area contributed by atoms with Crippen LogP contribution >= 0.6 is 0 Å². The molecule has 0 spiro atoms. The molecule has 0 radical (unpaired) electrons. The molecule has 1 atom stereocenters. The zero-order chi connectivity index (χ0) is 22.2. The van der Waals surface area contributed by atoms with Crippen molar-refractivity contribution in [2.75, 3.05) is 17.4 Å². The van der Waals surface area contributed by atoms with E-state index >= 15 is 0 Å². The smallest absolute Gasteiger partial charge is 0.253 e. The second-order valence-electron chi connectivity index (χ2n) is 6.70. The first-order valence-corrected chi connectivity index (χ1v) is 11.0. The van der Waals surface area contributed by atoms with Gasteiger partial charge in [-0.15, -0.1) is 0 Å². The minimum Gasteiger partial charge on any atom is -0.755 e. The molecule has 0 fully saturated rings. The summed E-state index contributed by atoms with van der Waals surface area (Å²) in [6.45, 7) is 5.15. The van der Waals surface area contributed by atoms with E-state index in [0.29, 0.717) is 41.5 Å². The van der Waals surface area contributed by atoms with Crippen LogP contribution in [0.15, 0.2) is 72.9 Å². The molecule has 8 heteroatoms. The monoisotopic (exact) mass is 438 g/mol. The Bertz CT molecular complexity index is 1020. The highest BCUT2D eigenvalue weighted by Crippen LogP contribution is 2.23. The SMILES string of the molecule is CCN(CC)C(=O)c1cccc(CN(c2ccc(Oc3ccccc3)nc2)S(=O)[O-])c1. The van der Waals surface area contributed by atoms with E-state index in [1.54, 1.807) is 53.4 Å². The molecule has 7 nitrogen and oxygen atoms in total. The van der Waals surface area contributed by atoms with Crippen LogP contribution in [-0.2, 0) is 17.8 Å². The van der Waals surface area contributed by atoms with Gasteiger partial charge in [0.25, 0.3) is 5.91 Å². The first-order valence-electron chi connectivity index (χ1n) is 9.96. The van der Waals surface area contributed by atoms with Gasteiger partial charge in [0.2, 0.25) is 5.88 Å². The number of nitrogens with zero attached hydrogens (tertiary/aromatic N) is 3. The van der Waals surface area contributed by atoms with Crippen molar-refractivity contribution in [2.45, 2.75) is 20.4 Å². The highest BCUT2D eigenvalue weighted by molar-refractivity contribution is 7.80. The molecule has 31 heavy (non-hydrogen) atoms. The first kappa shape index (κ1) is 22.5. The first-order chi connectivity index (χ1) is 15.0. The average Bonchev–Trinajstić information content (AvgIpc) is 2.79. The van der Waals surface area contributed by atoms with Gasteiger partial charge in [-0.3, -0.25) is 13.3 Å². The van der Waals surface area contributed by atoms with E-state index in [4.69, 9.17) is 4.74 Å². The summed E-state index contributed by atoms with van der Waals surface area (Å²) in [7, 11) is 0. The molecule has 0 aliphatic carbocycles. The zero-order valence-corrected chi connectivity index (χ0v) is 18.2. The predicted octanol–water partition coefficient (Wildman–Crippen LogP) is 4.16. The van der Waals surface area contributed by atoms with Crippen LogP contribution in [0.25, 0.3) is 0 Å². The van der Waals surface area contributed by atoms with Crippen LogP contribution in [0, 0.1) is 0 Å². The van der Waals surface area contributed by atoms with Gasteiger partial charge < -0.3 is 14.2 Å². The van der Waals surface area contributed by atoms with Crippen molar-refractivity contribution in [3.8, 4) is 11.6 Å².